The molecule has 3 aromatic rings. The van der Waals surface area contributed by atoms with Gasteiger partial charge in [-0.1, -0.05) is 48.5 Å². The molecular formula is C29H27N3O4. The first-order valence-corrected chi connectivity index (χ1v) is 12.0. The van der Waals surface area contributed by atoms with Crippen molar-refractivity contribution in [2.45, 2.75) is 25.9 Å². The molecular weight excluding hydrogens is 454 g/mol. The zero-order valence-corrected chi connectivity index (χ0v) is 20.1. The SMILES string of the molecule is COc1ccc(CN2C(=O)NC(=O)C(=Cc3ccc4c(c3)CCCN4Cc3ccccc3)C2=O)cc1. The number of barbiturate groups is 1. The first kappa shape index (κ1) is 23.4. The quantitative estimate of drug-likeness (QED) is 0.419. The van der Waals surface area contributed by atoms with Crippen LogP contribution in [0.1, 0.15) is 28.7 Å². The number of carbonyl (C=O) groups is 3. The molecule has 7 nitrogen and oxygen atoms in total. The Labute approximate surface area is 210 Å². The van der Waals surface area contributed by atoms with Crippen LogP contribution < -0.4 is 15.0 Å². The van der Waals surface area contributed by atoms with Gasteiger partial charge < -0.3 is 9.64 Å². The molecule has 0 aliphatic carbocycles. The van der Waals surface area contributed by atoms with Gasteiger partial charge in [0.25, 0.3) is 11.8 Å². The van der Waals surface area contributed by atoms with Crippen molar-refractivity contribution in [1.82, 2.24) is 10.2 Å². The zero-order valence-electron chi connectivity index (χ0n) is 20.1. The molecule has 36 heavy (non-hydrogen) atoms. The number of hydrogen-bond acceptors (Lipinski definition) is 5. The molecule has 2 heterocycles. The van der Waals surface area contributed by atoms with Crippen LogP contribution in [0.25, 0.3) is 6.08 Å². The van der Waals surface area contributed by atoms with E-state index in [1.54, 1.807) is 37.5 Å². The number of methoxy groups -OCH3 is 1. The highest BCUT2D eigenvalue weighted by molar-refractivity contribution is 6.30. The lowest BCUT2D eigenvalue weighted by atomic mass is 9.97. The first-order chi connectivity index (χ1) is 17.5. The summed E-state index contributed by atoms with van der Waals surface area (Å²) in [5.41, 5.74) is 5.06. The minimum atomic E-state index is -0.722. The van der Waals surface area contributed by atoms with Gasteiger partial charge in [0.2, 0.25) is 0 Å². The van der Waals surface area contributed by atoms with Crippen LogP contribution in [-0.2, 0) is 29.1 Å². The van der Waals surface area contributed by atoms with Crippen LogP contribution in [0.4, 0.5) is 10.5 Å². The van der Waals surface area contributed by atoms with E-state index in [1.807, 2.05) is 30.3 Å². The lowest BCUT2D eigenvalue weighted by molar-refractivity contribution is -0.130. The molecule has 2 aliphatic heterocycles. The average Bonchev–Trinajstić information content (AvgIpc) is 2.90. The highest BCUT2D eigenvalue weighted by Gasteiger charge is 2.35. The third-order valence-corrected chi connectivity index (χ3v) is 6.53. The molecule has 1 saturated heterocycles. The van der Waals surface area contributed by atoms with Gasteiger partial charge >= 0.3 is 6.03 Å². The number of carbonyl (C=O) groups excluding carboxylic acids is 3. The molecule has 0 unspecified atom stereocenters. The molecule has 2 aliphatic rings. The second kappa shape index (κ2) is 10.1. The van der Waals surface area contributed by atoms with Crippen LogP contribution in [0.15, 0.2) is 78.4 Å². The molecule has 7 heteroatoms. The maximum Gasteiger partial charge on any atom is 0.331 e. The van der Waals surface area contributed by atoms with E-state index in [1.165, 1.54) is 16.8 Å². The van der Waals surface area contributed by atoms with Crippen molar-refractivity contribution in [3.8, 4) is 5.75 Å². The summed E-state index contributed by atoms with van der Waals surface area (Å²) in [5, 5.41) is 2.30. The van der Waals surface area contributed by atoms with Gasteiger partial charge in [-0.05, 0) is 65.4 Å². The second-order valence-electron chi connectivity index (χ2n) is 8.96. The van der Waals surface area contributed by atoms with E-state index in [2.05, 4.69) is 28.4 Å². The summed E-state index contributed by atoms with van der Waals surface area (Å²) in [5.74, 6) is -0.610. The summed E-state index contributed by atoms with van der Waals surface area (Å²) in [6.45, 7) is 1.86. The molecule has 1 N–H and O–H groups in total. The van der Waals surface area contributed by atoms with Gasteiger partial charge in [0.15, 0.2) is 0 Å². The predicted molar refractivity (Wildman–Crippen MR) is 137 cm³/mol. The van der Waals surface area contributed by atoms with E-state index in [9.17, 15) is 14.4 Å². The number of anilines is 1. The van der Waals surface area contributed by atoms with Crippen LogP contribution >= 0.6 is 0 Å². The van der Waals surface area contributed by atoms with E-state index in [0.717, 1.165) is 42.0 Å². The molecule has 0 bridgehead atoms. The smallest absolute Gasteiger partial charge is 0.331 e. The van der Waals surface area contributed by atoms with Crippen LogP contribution in [0.3, 0.4) is 0 Å². The lowest BCUT2D eigenvalue weighted by Crippen LogP contribution is -2.53. The molecule has 0 saturated carbocycles. The predicted octanol–water partition coefficient (Wildman–Crippen LogP) is 4.31. The van der Waals surface area contributed by atoms with Crippen molar-refractivity contribution in [3.63, 3.8) is 0 Å². The summed E-state index contributed by atoms with van der Waals surface area (Å²) in [6.07, 6.45) is 3.53. The van der Waals surface area contributed by atoms with E-state index in [4.69, 9.17) is 4.74 Å². The van der Waals surface area contributed by atoms with Crippen LogP contribution in [0.2, 0.25) is 0 Å². The fraction of sp³-hybridized carbons (Fsp3) is 0.207. The molecule has 0 spiro atoms. The van der Waals surface area contributed by atoms with E-state index in [-0.39, 0.29) is 12.1 Å². The van der Waals surface area contributed by atoms with Gasteiger partial charge in [0.05, 0.1) is 13.7 Å². The Morgan fingerprint density at radius 3 is 2.42 bits per heavy atom. The number of amides is 4. The number of ether oxygens (including phenoxy) is 1. The fourth-order valence-corrected chi connectivity index (χ4v) is 4.67. The van der Waals surface area contributed by atoms with Gasteiger partial charge in [0, 0.05) is 18.8 Å². The largest absolute Gasteiger partial charge is 0.497 e. The van der Waals surface area contributed by atoms with E-state index in [0.29, 0.717) is 5.75 Å². The topological polar surface area (TPSA) is 79.0 Å². The maximum atomic E-state index is 13.2. The Kier molecular flexibility index (Phi) is 6.54. The summed E-state index contributed by atoms with van der Waals surface area (Å²) in [4.78, 5) is 41.6. The number of nitrogens with zero attached hydrogens (tertiary/aromatic N) is 2. The van der Waals surface area contributed by atoms with Gasteiger partial charge in [0.1, 0.15) is 11.3 Å². The standard InChI is InChI=1S/C29H27N3O4/c1-36-24-12-9-21(10-13-24)19-32-28(34)25(27(33)30-29(32)35)17-22-11-14-26-23(16-22)8-5-15-31(26)18-20-6-3-2-4-7-20/h2-4,6-7,9-14,16-17H,5,8,15,18-19H2,1H3,(H,30,33,35). The number of fused-ring (bicyclic) bond motifs is 1. The number of rotatable bonds is 6. The summed E-state index contributed by atoms with van der Waals surface area (Å²) in [7, 11) is 1.57. The third-order valence-electron chi connectivity index (χ3n) is 6.53. The maximum absolute atomic E-state index is 13.2. The first-order valence-electron chi connectivity index (χ1n) is 12.0. The highest BCUT2D eigenvalue weighted by Crippen LogP contribution is 2.30. The number of hydrogen-bond donors (Lipinski definition) is 1. The van der Waals surface area contributed by atoms with E-state index >= 15 is 0 Å². The van der Waals surface area contributed by atoms with Crippen LogP contribution in [0, 0.1) is 0 Å². The molecule has 0 aromatic heterocycles. The van der Waals surface area contributed by atoms with Gasteiger partial charge in [-0.15, -0.1) is 0 Å². The van der Waals surface area contributed by atoms with E-state index < -0.39 is 17.8 Å². The minimum Gasteiger partial charge on any atom is -0.497 e. The Morgan fingerprint density at radius 1 is 0.917 bits per heavy atom. The number of benzene rings is 3. The number of imide groups is 2. The number of aryl methyl sites for hydroxylation is 1. The Bertz CT molecular complexity index is 1330. The molecule has 5 rings (SSSR count). The summed E-state index contributed by atoms with van der Waals surface area (Å²) in [6, 6.07) is 22.7. The molecule has 4 amide bonds. The highest BCUT2D eigenvalue weighted by atomic mass is 16.5. The van der Waals surface area contributed by atoms with Crippen molar-refractivity contribution in [3.05, 3.63) is 101 Å². The number of nitrogens with one attached hydrogen (secondary N) is 1. The fourth-order valence-electron chi connectivity index (χ4n) is 4.67. The molecule has 182 valence electrons. The van der Waals surface area contributed by atoms with Gasteiger partial charge in [-0.3, -0.25) is 19.8 Å². The van der Waals surface area contributed by atoms with Crippen LogP contribution in [-0.4, -0.2) is 36.4 Å². The van der Waals surface area contributed by atoms with Gasteiger partial charge in [-0.2, -0.15) is 0 Å². The molecule has 0 radical (unpaired) electrons. The second-order valence-corrected chi connectivity index (χ2v) is 8.96. The summed E-state index contributed by atoms with van der Waals surface area (Å²) >= 11 is 0. The van der Waals surface area contributed by atoms with Crippen molar-refractivity contribution >= 4 is 29.6 Å². The van der Waals surface area contributed by atoms with Crippen molar-refractivity contribution in [2.24, 2.45) is 0 Å². The Morgan fingerprint density at radius 2 is 1.67 bits per heavy atom. The zero-order chi connectivity index (χ0) is 25.1. The summed E-state index contributed by atoms with van der Waals surface area (Å²) < 4.78 is 5.16. The van der Waals surface area contributed by atoms with Crippen molar-refractivity contribution in [1.29, 1.82) is 0 Å². The Balaban J connectivity index is 1.37. The Hall–Kier alpha value is -4.39. The average molecular weight is 482 g/mol. The lowest BCUT2D eigenvalue weighted by Gasteiger charge is -2.32. The third kappa shape index (κ3) is 4.86. The minimum absolute atomic E-state index is 0.0535. The molecule has 0 atom stereocenters. The molecule has 1 fully saturated rings. The monoisotopic (exact) mass is 481 g/mol. The van der Waals surface area contributed by atoms with Crippen LogP contribution in [0.5, 0.6) is 5.75 Å². The molecule has 3 aromatic carbocycles. The normalized spacial score (nSPS) is 16.7. The number of urea groups is 1. The van der Waals surface area contributed by atoms with Crippen molar-refractivity contribution in [2.75, 3.05) is 18.6 Å². The van der Waals surface area contributed by atoms with Gasteiger partial charge in [-0.25, -0.2) is 4.79 Å². The van der Waals surface area contributed by atoms with Crippen molar-refractivity contribution < 1.29 is 19.1 Å².